The molecular weight excluding hydrogens is 220 g/mol. The van der Waals surface area contributed by atoms with Crippen molar-refractivity contribution in [3.05, 3.63) is 29.3 Å². The van der Waals surface area contributed by atoms with Crippen LogP contribution in [0.4, 0.5) is 0 Å². The summed E-state index contributed by atoms with van der Waals surface area (Å²) in [5.41, 5.74) is 2.44. The van der Waals surface area contributed by atoms with Crippen LogP contribution in [0.2, 0.25) is 0 Å². The van der Waals surface area contributed by atoms with Crippen LogP contribution in [0.1, 0.15) is 36.3 Å². The van der Waals surface area contributed by atoms with E-state index in [9.17, 15) is 4.79 Å². The van der Waals surface area contributed by atoms with Gasteiger partial charge in [-0.2, -0.15) is 0 Å². The summed E-state index contributed by atoms with van der Waals surface area (Å²) >= 11 is 0. The number of fused-ring (bicyclic) bond motifs is 1. The number of methoxy groups -OCH3 is 1. The Labute approximate surface area is 101 Å². The van der Waals surface area contributed by atoms with Crippen molar-refractivity contribution in [1.29, 1.82) is 0 Å². The predicted molar refractivity (Wildman–Crippen MR) is 64.5 cm³/mol. The van der Waals surface area contributed by atoms with Crippen LogP contribution in [0, 0.1) is 0 Å². The van der Waals surface area contributed by atoms with Gasteiger partial charge >= 0.3 is 5.97 Å². The highest BCUT2D eigenvalue weighted by Crippen LogP contribution is 2.35. The van der Waals surface area contributed by atoms with E-state index in [-0.39, 0.29) is 17.8 Å². The van der Waals surface area contributed by atoms with Crippen LogP contribution < -0.4 is 4.74 Å². The third kappa shape index (κ3) is 2.97. The molecule has 1 aromatic rings. The highest BCUT2D eigenvalue weighted by atomic mass is 16.5. The Morgan fingerprint density at radius 1 is 1.53 bits per heavy atom. The second kappa shape index (κ2) is 5.68. The SMILES string of the molecule is COc1ccc2c(c1)CCC[C@@H]2CC(=O)O.O. The van der Waals surface area contributed by atoms with Gasteiger partial charge in [0.25, 0.3) is 0 Å². The topological polar surface area (TPSA) is 78.0 Å². The van der Waals surface area contributed by atoms with Crippen molar-refractivity contribution in [2.75, 3.05) is 7.11 Å². The molecule has 0 unspecified atom stereocenters. The molecule has 0 aromatic heterocycles. The molecule has 2 rings (SSSR count). The molecule has 0 heterocycles. The van der Waals surface area contributed by atoms with E-state index >= 15 is 0 Å². The molecule has 0 radical (unpaired) electrons. The molecule has 4 nitrogen and oxygen atoms in total. The van der Waals surface area contributed by atoms with Crippen LogP contribution in [-0.2, 0) is 11.2 Å². The summed E-state index contributed by atoms with van der Waals surface area (Å²) in [7, 11) is 1.65. The summed E-state index contributed by atoms with van der Waals surface area (Å²) in [5, 5.41) is 8.87. The summed E-state index contributed by atoms with van der Waals surface area (Å²) < 4.78 is 5.18. The Hall–Kier alpha value is -1.55. The number of aryl methyl sites for hydroxylation is 1. The van der Waals surface area contributed by atoms with Gasteiger partial charge in [-0.05, 0) is 48.4 Å². The number of hydrogen-bond donors (Lipinski definition) is 1. The first-order chi connectivity index (χ1) is 7.70. The summed E-state index contributed by atoms with van der Waals surface area (Å²) in [6.07, 6.45) is 3.31. The van der Waals surface area contributed by atoms with Crippen LogP contribution in [0.15, 0.2) is 18.2 Å². The fraction of sp³-hybridized carbons (Fsp3) is 0.462. The smallest absolute Gasteiger partial charge is 0.303 e. The first-order valence-electron chi connectivity index (χ1n) is 5.59. The largest absolute Gasteiger partial charge is 0.497 e. The van der Waals surface area contributed by atoms with Crippen molar-refractivity contribution in [3.63, 3.8) is 0 Å². The van der Waals surface area contributed by atoms with E-state index in [1.807, 2.05) is 18.2 Å². The zero-order valence-corrected chi connectivity index (χ0v) is 9.90. The number of carbonyl (C=O) groups is 1. The maximum absolute atomic E-state index is 10.8. The lowest BCUT2D eigenvalue weighted by atomic mass is 9.81. The van der Waals surface area contributed by atoms with Crippen molar-refractivity contribution in [3.8, 4) is 5.75 Å². The molecule has 17 heavy (non-hydrogen) atoms. The van der Waals surface area contributed by atoms with Crippen LogP contribution in [0.3, 0.4) is 0 Å². The molecule has 4 heteroatoms. The second-order valence-electron chi connectivity index (χ2n) is 4.25. The number of carboxylic acids is 1. The summed E-state index contributed by atoms with van der Waals surface area (Å²) in [6.45, 7) is 0. The normalized spacial score (nSPS) is 17.8. The summed E-state index contributed by atoms with van der Waals surface area (Å²) in [4.78, 5) is 10.8. The number of carboxylic acid groups (broad SMARTS) is 1. The van der Waals surface area contributed by atoms with Gasteiger partial charge in [-0.15, -0.1) is 0 Å². The number of hydrogen-bond acceptors (Lipinski definition) is 2. The maximum atomic E-state index is 10.8. The molecule has 3 N–H and O–H groups in total. The Balaban J connectivity index is 0.00000144. The van der Waals surface area contributed by atoms with Crippen molar-refractivity contribution < 1.29 is 20.1 Å². The molecule has 1 aliphatic carbocycles. The fourth-order valence-corrected chi connectivity index (χ4v) is 2.44. The lowest BCUT2D eigenvalue weighted by Crippen LogP contribution is -2.13. The predicted octanol–water partition coefficient (Wildman–Crippen LogP) is 1.77. The van der Waals surface area contributed by atoms with Gasteiger partial charge < -0.3 is 15.3 Å². The average molecular weight is 238 g/mol. The Morgan fingerprint density at radius 3 is 2.94 bits per heavy atom. The Kier molecular flexibility index (Phi) is 4.52. The lowest BCUT2D eigenvalue weighted by molar-refractivity contribution is -0.137. The average Bonchev–Trinajstić information content (AvgIpc) is 2.28. The van der Waals surface area contributed by atoms with Gasteiger partial charge in [0.2, 0.25) is 0 Å². The number of rotatable bonds is 3. The molecule has 0 bridgehead atoms. The number of aliphatic carboxylic acids is 1. The van der Waals surface area contributed by atoms with Gasteiger partial charge in [0.15, 0.2) is 0 Å². The molecule has 0 amide bonds. The van der Waals surface area contributed by atoms with E-state index in [1.165, 1.54) is 11.1 Å². The Morgan fingerprint density at radius 2 is 2.29 bits per heavy atom. The molecular formula is C13H18O4. The maximum Gasteiger partial charge on any atom is 0.303 e. The molecule has 0 aliphatic heterocycles. The van der Waals surface area contributed by atoms with Crippen LogP contribution in [0.5, 0.6) is 5.75 Å². The molecule has 1 aromatic carbocycles. The third-order valence-corrected chi connectivity index (χ3v) is 3.21. The fourth-order valence-electron chi connectivity index (χ4n) is 2.44. The zero-order chi connectivity index (χ0) is 11.5. The van der Waals surface area contributed by atoms with E-state index in [1.54, 1.807) is 7.11 Å². The highest BCUT2D eigenvalue weighted by Gasteiger charge is 2.22. The van der Waals surface area contributed by atoms with Crippen molar-refractivity contribution in [2.45, 2.75) is 31.6 Å². The number of benzene rings is 1. The Bertz CT molecular complexity index is 400. The highest BCUT2D eigenvalue weighted by molar-refractivity contribution is 5.68. The van der Waals surface area contributed by atoms with Gasteiger partial charge in [-0.1, -0.05) is 6.07 Å². The molecule has 0 saturated carbocycles. The van der Waals surface area contributed by atoms with Crippen molar-refractivity contribution in [2.24, 2.45) is 0 Å². The van der Waals surface area contributed by atoms with Crippen molar-refractivity contribution >= 4 is 5.97 Å². The van der Waals surface area contributed by atoms with E-state index in [4.69, 9.17) is 9.84 Å². The van der Waals surface area contributed by atoms with Crippen LogP contribution >= 0.6 is 0 Å². The second-order valence-corrected chi connectivity index (χ2v) is 4.25. The molecule has 94 valence electrons. The van der Waals surface area contributed by atoms with Crippen LogP contribution in [-0.4, -0.2) is 23.7 Å². The monoisotopic (exact) mass is 238 g/mol. The minimum atomic E-state index is -0.714. The van der Waals surface area contributed by atoms with E-state index in [2.05, 4.69) is 0 Å². The van der Waals surface area contributed by atoms with Gasteiger partial charge in [0.05, 0.1) is 13.5 Å². The van der Waals surface area contributed by atoms with Gasteiger partial charge in [-0.3, -0.25) is 4.79 Å². The standard InChI is InChI=1S/C13H16O3.H2O/c1-16-11-5-6-12-9(7-11)3-2-4-10(12)8-13(14)15;/h5-7,10H,2-4,8H2,1H3,(H,14,15);1H2/t10-;/m1./s1. The van der Waals surface area contributed by atoms with Gasteiger partial charge in [-0.25, -0.2) is 0 Å². The van der Waals surface area contributed by atoms with Crippen molar-refractivity contribution in [1.82, 2.24) is 0 Å². The van der Waals surface area contributed by atoms with Gasteiger partial charge in [0, 0.05) is 0 Å². The first-order valence-corrected chi connectivity index (χ1v) is 5.59. The summed E-state index contributed by atoms with van der Waals surface area (Å²) in [6, 6.07) is 5.96. The minimum Gasteiger partial charge on any atom is -0.497 e. The third-order valence-electron chi connectivity index (χ3n) is 3.21. The minimum absolute atomic E-state index is 0. The van der Waals surface area contributed by atoms with E-state index in [0.717, 1.165) is 25.0 Å². The molecule has 0 spiro atoms. The molecule has 0 saturated heterocycles. The summed E-state index contributed by atoms with van der Waals surface area (Å²) in [5.74, 6) is 0.315. The first kappa shape index (κ1) is 13.5. The number of ether oxygens (including phenoxy) is 1. The molecule has 1 aliphatic rings. The van der Waals surface area contributed by atoms with Gasteiger partial charge in [0.1, 0.15) is 5.75 Å². The molecule has 1 atom stereocenters. The lowest BCUT2D eigenvalue weighted by Gasteiger charge is -2.24. The van der Waals surface area contributed by atoms with E-state index < -0.39 is 5.97 Å². The van der Waals surface area contributed by atoms with Crippen LogP contribution in [0.25, 0.3) is 0 Å². The quantitative estimate of drug-likeness (QED) is 0.871. The van der Waals surface area contributed by atoms with E-state index in [0.29, 0.717) is 0 Å². The molecule has 0 fully saturated rings. The zero-order valence-electron chi connectivity index (χ0n) is 9.90.